The first-order valence-electron chi connectivity index (χ1n) is 2.87. The van der Waals surface area contributed by atoms with Gasteiger partial charge in [0.25, 0.3) is 0 Å². The van der Waals surface area contributed by atoms with Gasteiger partial charge in [-0.25, -0.2) is 9.78 Å². The molecule has 0 unspecified atom stereocenters. The Morgan fingerprint density at radius 2 is 2.45 bits per heavy atom. The fourth-order valence-electron chi connectivity index (χ4n) is 0.486. The van der Waals surface area contributed by atoms with Crippen LogP contribution in [0, 0.1) is 6.92 Å². The van der Waals surface area contributed by atoms with Crippen molar-refractivity contribution in [3.8, 4) is 0 Å². The number of amides is 1. The number of aromatic nitrogens is 2. The zero-order chi connectivity index (χ0) is 8.27. The van der Waals surface area contributed by atoms with Gasteiger partial charge in [-0.15, -0.1) is 0 Å². The van der Waals surface area contributed by atoms with E-state index in [2.05, 4.69) is 19.4 Å². The van der Waals surface area contributed by atoms with Crippen molar-refractivity contribution in [3.63, 3.8) is 0 Å². The number of anilines is 1. The molecule has 0 aliphatic heterocycles. The van der Waals surface area contributed by atoms with E-state index < -0.39 is 6.09 Å². The summed E-state index contributed by atoms with van der Waals surface area (Å²) in [6.45, 7) is 1.75. The van der Waals surface area contributed by atoms with Gasteiger partial charge in [0.05, 0.1) is 7.11 Å². The summed E-state index contributed by atoms with van der Waals surface area (Å²) in [7, 11) is 1.29. The van der Waals surface area contributed by atoms with Crippen molar-refractivity contribution in [1.29, 1.82) is 0 Å². The van der Waals surface area contributed by atoms with Crippen LogP contribution in [-0.2, 0) is 4.74 Å². The molecule has 60 valence electrons. The third kappa shape index (κ3) is 2.15. The highest BCUT2D eigenvalue weighted by molar-refractivity contribution is 7.09. The second kappa shape index (κ2) is 3.29. The van der Waals surface area contributed by atoms with Gasteiger partial charge in [-0.3, -0.25) is 5.32 Å². The fraction of sp³-hybridized carbons (Fsp3) is 0.400. The van der Waals surface area contributed by atoms with Crippen LogP contribution in [0.1, 0.15) is 5.82 Å². The molecule has 6 heteroatoms. The van der Waals surface area contributed by atoms with Crippen LogP contribution in [0.2, 0.25) is 0 Å². The fourth-order valence-corrected chi connectivity index (χ4v) is 1.05. The van der Waals surface area contributed by atoms with Crippen molar-refractivity contribution in [2.24, 2.45) is 0 Å². The maximum atomic E-state index is 10.6. The van der Waals surface area contributed by atoms with Crippen molar-refractivity contribution in [3.05, 3.63) is 5.82 Å². The molecule has 0 spiro atoms. The molecule has 0 saturated heterocycles. The van der Waals surface area contributed by atoms with E-state index in [1.165, 1.54) is 7.11 Å². The molecule has 1 aromatic rings. The third-order valence-electron chi connectivity index (χ3n) is 0.922. The number of carbonyl (C=O) groups is 1. The summed E-state index contributed by atoms with van der Waals surface area (Å²) in [5.41, 5.74) is 0. The summed E-state index contributed by atoms with van der Waals surface area (Å²) in [6, 6.07) is 0. The molecule has 11 heavy (non-hydrogen) atoms. The molecule has 0 aromatic carbocycles. The summed E-state index contributed by atoms with van der Waals surface area (Å²) in [6.07, 6.45) is -0.527. The topological polar surface area (TPSA) is 64.1 Å². The first kappa shape index (κ1) is 7.93. The van der Waals surface area contributed by atoms with Crippen LogP contribution in [0.3, 0.4) is 0 Å². The predicted octanol–water partition coefficient (Wildman–Crippen LogP) is 1.02. The third-order valence-corrected chi connectivity index (χ3v) is 1.64. The summed E-state index contributed by atoms with van der Waals surface area (Å²) in [4.78, 5) is 14.5. The SMILES string of the molecule is COC(=O)Nc1nc(C)ns1. The highest BCUT2D eigenvalue weighted by atomic mass is 32.1. The molecular weight excluding hydrogens is 166 g/mol. The number of nitrogens with zero attached hydrogens (tertiary/aromatic N) is 2. The smallest absolute Gasteiger partial charge is 0.413 e. The van der Waals surface area contributed by atoms with Crippen molar-refractivity contribution in [1.82, 2.24) is 9.36 Å². The van der Waals surface area contributed by atoms with Gasteiger partial charge in [0.15, 0.2) is 0 Å². The summed E-state index contributed by atoms with van der Waals surface area (Å²) >= 11 is 1.12. The van der Waals surface area contributed by atoms with E-state index in [9.17, 15) is 4.79 Å². The van der Waals surface area contributed by atoms with Crippen LogP contribution in [0.25, 0.3) is 0 Å². The van der Waals surface area contributed by atoms with Crippen molar-refractivity contribution in [2.75, 3.05) is 12.4 Å². The molecule has 1 aromatic heterocycles. The minimum atomic E-state index is -0.527. The second-order valence-electron chi connectivity index (χ2n) is 1.76. The number of ether oxygens (including phenoxy) is 1. The number of methoxy groups -OCH3 is 1. The van der Waals surface area contributed by atoms with Gasteiger partial charge < -0.3 is 4.74 Å². The Bertz CT molecular complexity index is 260. The number of carbonyl (C=O) groups excluding carboxylic acids is 1. The molecule has 0 bridgehead atoms. The van der Waals surface area contributed by atoms with E-state index in [1.807, 2.05) is 0 Å². The summed E-state index contributed by atoms with van der Waals surface area (Å²) < 4.78 is 8.22. The minimum Gasteiger partial charge on any atom is -0.453 e. The summed E-state index contributed by atoms with van der Waals surface area (Å²) in [5, 5.41) is 2.85. The van der Waals surface area contributed by atoms with E-state index in [0.29, 0.717) is 11.0 Å². The molecule has 1 rings (SSSR count). The number of aryl methyl sites for hydroxylation is 1. The maximum Gasteiger partial charge on any atom is 0.413 e. The van der Waals surface area contributed by atoms with Crippen LogP contribution in [0.4, 0.5) is 9.93 Å². The predicted molar refractivity (Wildman–Crippen MR) is 40.7 cm³/mol. The van der Waals surface area contributed by atoms with E-state index in [0.717, 1.165) is 11.5 Å². The van der Waals surface area contributed by atoms with E-state index in [4.69, 9.17) is 0 Å². The first-order chi connectivity index (χ1) is 5.22. The molecule has 1 amide bonds. The molecule has 0 atom stereocenters. The second-order valence-corrected chi connectivity index (χ2v) is 2.52. The quantitative estimate of drug-likeness (QED) is 0.688. The van der Waals surface area contributed by atoms with Gasteiger partial charge in [0, 0.05) is 11.5 Å². The Balaban J connectivity index is 2.57. The van der Waals surface area contributed by atoms with E-state index >= 15 is 0 Å². The molecule has 0 aliphatic rings. The van der Waals surface area contributed by atoms with Crippen molar-refractivity contribution < 1.29 is 9.53 Å². The molecule has 0 fully saturated rings. The van der Waals surface area contributed by atoms with Gasteiger partial charge in [0.2, 0.25) is 5.13 Å². The Morgan fingerprint density at radius 1 is 1.73 bits per heavy atom. The average Bonchev–Trinajstić information content (AvgIpc) is 2.35. The highest BCUT2D eigenvalue weighted by Gasteiger charge is 2.03. The zero-order valence-electron chi connectivity index (χ0n) is 6.12. The van der Waals surface area contributed by atoms with Crippen molar-refractivity contribution in [2.45, 2.75) is 6.92 Å². The van der Waals surface area contributed by atoms with E-state index in [-0.39, 0.29) is 0 Å². The number of hydrogen-bond donors (Lipinski definition) is 1. The van der Waals surface area contributed by atoms with Gasteiger partial charge in [-0.2, -0.15) is 4.37 Å². The first-order valence-corrected chi connectivity index (χ1v) is 3.65. The maximum absolute atomic E-state index is 10.6. The lowest BCUT2D eigenvalue weighted by Crippen LogP contribution is -2.10. The number of rotatable bonds is 1. The number of nitrogens with one attached hydrogen (secondary N) is 1. The van der Waals surface area contributed by atoms with Crippen LogP contribution < -0.4 is 5.32 Å². The molecule has 0 saturated carbocycles. The monoisotopic (exact) mass is 173 g/mol. The minimum absolute atomic E-state index is 0.453. The van der Waals surface area contributed by atoms with Gasteiger partial charge in [-0.05, 0) is 6.92 Å². The van der Waals surface area contributed by atoms with Crippen LogP contribution in [0.15, 0.2) is 0 Å². The van der Waals surface area contributed by atoms with Gasteiger partial charge in [-0.1, -0.05) is 0 Å². The Hall–Kier alpha value is -1.17. The van der Waals surface area contributed by atoms with Crippen LogP contribution in [0.5, 0.6) is 0 Å². The van der Waals surface area contributed by atoms with Gasteiger partial charge in [0.1, 0.15) is 5.82 Å². The number of hydrogen-bond acceptors (Lipinski definition) is 5. The van der Waals surface area contributed by atoms with Crippen LogP contribution in [-0.4, -0.2) is 22.6 Å². The molecule has 0 radical (unpaired) electrons. The average molecular weight is 173 g/mol. The van der Waals surface area contributed by atoms with Crippen molar-refractivity contribution >= 4 is 22.8 Å². The largest absolute Gasteiger partial charge is 0.453 e. The van der Waals surface area contributed by atoms with Gasteiger partial charge >= 0.3 is 6.09 Å². The Morgan fingerprint density at radius 3 is 2.91 bits per heavy atom. The molecule has 5 nitrogen and oxygen atoms in total. The lowest BCUT2D eigenvalue weighted by Gasteiger charge is -1.95. The highest BCUT2D eigenvalue weighted by Crippen LogP contribution is 2.09. The normalized spacial score (nSPS) is 9.27. The molecule has 1 heterocycles. The van der Waals surface area contributed by atoms with E-state index in [1.54, 1.807) is 6.92 Å². The summed E-state index contributed by atoms with van der Waals surface area (Å²) in [5.74, 6) is 0.640. The molecule has 1 N–H and O–H groups in total. The Kier molecular flexibility index (Phi) is 2.37. The zero-order valence-corrected chi connectivity index (χ0v) is 6.94. The molecular formula is C5H7N3O2S. The lowest BCUT2D eigenvalue weighted by molar-refractivity contribution is 0.187. The lowest BCUT2D eigenvalue weighted by atomic mass is 10.7. The standard InChI is InChI=1S/C5H7N3O2S/c1-3-6-4(11-8-3)7-5(9)10-2/h1-2H3,(H,6,7,8,9). The van der Waals surface area contributed by atoms with Crippen LogP contribution >= 0.6 is 11.5 Å². The Labute approximate surface area is 67.6 Å². The molecule has 0 aliphatic carbocycles.